The summed E-state index contributed by atoms with van der Waals surface area (Å²) < 4.78 is 27.1. The van der Waals surface area contributed by atoms with Gasteiger partial charge >= 0.3 is 0 Å². The first-order valence-corrected chi connectivity index (χ1v) is 8.89. The van der Waals surface area contributed by atoms with Gasteiger partial charge in [-0.2, -0.15) is 5.10 Å². The molecule has 0 aliphatic rings. The predicted molar refractivity (Wildman–Crippen MR) is 103 cm³/mol. The van der Waals surface area contributed by atoms with Gasteiger partial charge in [0.25, 0.3) is 17.9 Å². The van der Waals surface area contributed by atoms with Crippen molar-refractivity contribution < 1.29 is 13.6 Å². The van der Waals surface area contributed by atoms with E-state index in [1.54, 1.807) is 6.92 Å². The average molecular weight is 420 g/mol. The molecule has 10 heteroatoms. The van der Waals surface area contributed by atoms with Crippen LogP contribution in [0.1, 0.15) is 41.0 Å². The van der Waals surface area contributed by atoms with Crippen molar-refractivity contribution in [2.45, 2.75) is 19.4 Å². The second-order valence-corrected chi connectivity index (χ2v) is 6.68. The fraction of sp³-hybridized carbons (Fsp3) is 0.211. The third-order valence-corrected chi connectivity index (χ3v) is 4.34. The molecule has 0 aliphatic carbocycles. The van der Waals surface area contributed by atoms with Gasteiger partial charge < -0.3 is 5.32 Å². The SMILES string of the molecule is CC(NC(=O)c1cc(Cl)cc(C(F)F)c1)c1nccnc1-c1ccc(=O)n(C)n1. The summed E-state index contributed by atoms with van der Waals surface area (Å²) in [6.45, 7) is 1.67. The molecule has 0 fully saturated rings. The first kappa shape index (κ1) is 20.5. The molecular weight excluding hydrogens is 404 g/mol. The first-order valence-electron chi connectivity index (χ1n) is 8.51. The number of aromatic nitrogens is 4. The Kier molecular flexibility index (Phi) is 5.97. The third-order valence-electron chi connectivity index (χ3n) is 4.12. The number of hydrogen-bond donors (Lipinski definition) is 1. The molecule has 1 amide bonds. The van der Waals surface area contributed by atoms with Gasteiger partial charge in [-0.25, -0.2) is 13.5 Å². The molecule has 0 saturated heterocycles. The minimum Gasteiger partial charge on any atom is -0.344 e. The molecule has 150 valence electrons. The molecule has 7 nitrogen and oxygen atoms in total. The molecular formula is C19H16ClF2N5O2. The van der Waals surface area contributed by atoms with Crippen LogP contribution in [0.5, 0.6) is 0 Å². The second-order valence-electron chi connectivity index (χ2n) is 6.24. The van der Waals surface area contributed by atoms with Gasteiger partial charge in [0.2, 0.25) is 0 Å². The van der Waals surface area contributed by atoms with Crippen LogP contribution in [0.3, 0.4) is 0 Å². The van der Waals surface area contributed by atoms with Gasteiger partial charge in [0.05, 0.1) is 11.7 Å². The molecule has 1 aromatic carbocycles. The molecule has 1 N–H and O–H groups in total. The van der Waals surface area contributed by atoms with Crippen molar-refractivity contribution in [3.8, 4) is 11.4 Å². The molecule has 0 bridgehead atoms. The molecule has 1 atom stereocenters. The van der Waals surface area contributed by atoms with E-state index >= 15 is 0 Å². The summed E-state index contributed by atoms with van der Waals surface area (Å²) in [5.74, 6) is -0.591. The second kappa shape index (κ2) is 8.44. The molecule has 2 aromatic heterocycles. The van der Waals surface area contributed by atoms with Crippen LogP contribution in [0.25, 0.3) is 11.4 Å². The summed E-state index contributed by atoms with van der Waals surface area (Å²) in [4.78, 5) is 32.7. The molecule has 3 aromatic rings. The predicted octanol–water partition coefficient (Wildman–Crippen LogP) is 3.32. The Morgan fingerprint density at radius 2 is 1.90 bits per heavy atom. The molecule has 0 saturated carbocycles. The van der Waals surface area contributed by atoms with Gasteiger partial charge in [0.15, 0.2) is 0 Å². The Hall–Kier alpha value is -3.20. The molecule has 3 rings (SSSR count). The number of carbonyl (C=O) groups is 1. The van der Waals surface area contributed by atoms with Crippen molar-refractivity contribution in [2.75, 3.05) is 0 Å². The number of carbonyl (C=O) groups excluding carboxylic acids is 1. The summed E-state index contributed by atoms with van der Waals surface area (Å²) >= 11 is 5.85. The third kappa shape index (κ3) is 4.62. The van der Waals surface area contributed by atoms with Crippen molar-refractivity contribution in [3.05, 3.63) is 74.9 Å². The van der Waals surface area contributed by atoms with E-state index in [0.29, 0.717) is 17.1 Å². The van der Waals surface area contributed by atoms with E-state index in [4.69, 9.17) is 11.6 Å². The Balaban J connectivity index is 1.90. The van der Waals surface area contributed by atoms with Crippen LogP contribution in [0.2, 0.25) is 5.02 Å². The molecule has 1 unspecified atom stereocenters. The van der Waals surface area contributed by atoms with Gasteiger partial charge in [-0.15, -0.1) is 0 Å². The van der Waals surface area contributed by atoms with Crippen molar-refractivity contribution in [2.24, 2.45) is 7.05 Å². The standard InChI is InChI=1S/C19H16ClF2N5O2/c1-10(25-19(29)12-7-11(18(21)22)8-13(20)9-12)16-17(24-6-5-23-16)14-3-4-15(28)27(2)26-14/h3-10,18H,1-2H3,(H,25,29). The topological polar surface area (TPSA) is 89.8 Å². The molecule has 29 heavy (non-hydrogen) atoms. The van der Waals surface area contributed by atoms with Crippen LogP contribution >= 0.6 is 11.6 Å². The number of rotatable bonds is 5. The van der Waals surface area contributed by atoms with Crippen LogP contribution in [-0.2, 0) is 7.05 Å². The van der Waals surface area contributed by atoms with Crippen LogP contribution in [0.4, 0.5) is 8.78 Å². The Morgan fingerprint density at radius 1 is 1.17 bits per heavy atom. The maximum atomic E-state index is 13.0. The number of nitrogens with zero attached hydrogens (tertiary/aromatic N) is 4. The van der Waals surface area contributed by atoms with E-state index < -0.39 is 18.4 Å². The monoisotopic (exact) mass is 419 g/mol. The van der Waals surface area contributed by atoms with Crippen molar-refractivity contribution in [1.29, 1.82) is 0 Å². The number of amides is 1. The maximum Gasteiger partial charge on any atom is 0.266 e. The number of halogens is 3. The molecule has 2 heterocycles. The molecule has 0 spiro atoms. The van der Waals surface area contributed by atoms with E-state index in [2.05, 4.69) is 20.4 Å². The number of benzene rings is 1. The van der Waals surface area contributed by atoms with E-state index in [9.17, 15) is 18.4 Å². The summed E-state index contributed by atoms with van der Waals surface area (Å²) in [6, 6.07) is 5.74. The summed E-state index contributed by atoms with van der Waals surface area (Å²) in [7, 11) is 1.51. The van der Waals surface area contributed by atoms with E-state index in [1.807, 2.05) is 0 Å². The average Bonchev–Trinajstić information content (AvgIpc) is 2.69. The lowest BCUT2D eigenvalue weighted by molar-refractivity contribution is 0.0938. The number of nitrogens with one attached hydrogen (secondary N) is 1. The fourth-order valence-electron chi connectivity index (χ4n) is 2.71. The summed E-state index contributed by atoms with van der Waals surface area (Å²) in [6.07, 6.45) is 0.170. The lowest BCUT2D eigenvalue weighted by atomic mass is 10.1. The zero-order valence-corrected chi connectivity index (χ0v) is 16.2. The normalized spacial score (nSPS) is 12.1. The minimum absolute atomic E-state index is 0.00493. The summed E-state index contributed by atoms with van der Waals surface area (Å²) in [5.41, 5.74) is 0.573. The highest BCUT2D eigenvalue weighted by Gasteiger charge is 2.20. The number of aryl methyl sites for hydroxylation is 1. The van der Waals surface area contributed by atoms with Crippen molar-refractivity contribution in [1.82, 2.24) is 25.1 Å². The van der Waals surface area contributed by atoms with Gasteiger partial charge in [0, 0.05) is 41.7 Å². The fourth-order valence-corrected chi connectivity index (χ4v) is 2.95. The highest BCUT2D eigenvalue weighted by Crippen LogP contribution is 2.25. The van der Waals surface area contributed by atoms with Crippen LogP contribution in [-0.4, -0.2) is 25.7 Å². The maximum absolute atomic E-state index is 13.0. The van der Waals surface area contributed by atoms with Gasteiger partial charge in [-0.3, -0.25) is 19.6 Å². The minimum atomic E-state index is -2.75. The largest absolute Gasteiger partial charge is 0.344 e. The van der Waals surface area contributed by atoms with Gasteiger partial charge in [-0.05, 0) is 31.2 Å². The lowest BCUT2D eigenvalue weighted by Crippen LogP contribution is -2.28. The van der Waals surface area contributed by atoms with Crippen LogP contribution < -0.4 is 10.9 Å². The first-order chi connectivity index (χ1) is 13.8. The Labute approximate surface area is 169 Å². The van der Waals surface area contributed by atoms with E-state index in [0.717, 1.165) is 16.8 Å². The number of hydrogen-bond acceptors (Lipinski definition) is 5. The van der Waals surface area contributed by atoms with Crippen molar-refractivity contribution in [3.63, 3.8) is 0 Å². The van der Waals surface area contributed by atoms with Gasteiger partial charge in [-0.1, -0.05) is 11.6 Å². The molecule has 0 aliphatic heterocycles. The van der Waals surface area contributed by atoms with E-state index in [-0.39, 0.29) is 21.7 Å². The van der Waals surface area contributed by atoms with E-state index in [1.165, 1.54) is 37.6 Å². The lowest BCUT2D eigenvalue weighted by Gasteiger charge is -2.16. The van der Waals surface area contributed by atoms with Gasteiger partial charge in [0.1, 0.15) is 11.4 Å². The quantitative estimate of drug-likeness (QED) is 0.685. The zero-order valence-electron chi connectivity index (χ0n) is 15.4. The summed E-state index contributed by atoms with van der Waals surface area (Å²) in [5, 5.41) is 6.89. The zero-order chi connectivity index (χ0) is 21.1. The molecule has 0 radical (unpaired) electrons. The highest BCUT2D eigenvalue weighted by molar-refractivity contribution is 6.31. The highest BCUT2D eigenvalue weighted by atomic mass is 35.5. The smallest absolute Gasteiger partial charge is 0.266 e. The Bertz CT molecular complexity index is 1120. The Morgan fingerprint density at radius 3 is 2.59 bits per heavy atom. The van der Waals surface area contributed by atoms with Crippen LogP contribution in [0, 0.1) is 0 Å². The van der Waals surface area contributed by atoms with Crippen molar-refractivity contribution >= 4 is 17.5 Å². The van der Waals surface area contributed by atoms with Crippen LogP contribution in [0.15, 0.2) is 47.5 Å². The number of alkyl halides is 2.